The maximum absolute atomic E-state index is 11.9. The van der Waals surface area contributed by atoms with Crippen LogP contribution in [0.25, 0.3) is 0 Å². The van der Waals surface area contributed by atoms with Crippen LogP contribution in [0.4, 0.5) is 11.4 Å². The van der Waals surface area contributed by atoms with Gasteiger partial charge in [0.25, 0.3) is 5.91 Å². The van der Waals surface area contributed by atoms with E-state index in [4.69, 9.17) is 4.74 Å². The molecule has 0 bridgehead atoms. The van der Waals surface area contributed by atoms with Crippen LogP contribution in [0.2, 0.25) is 0 Å². The fraction of sp³-hybridized carbons (Fsp3) is 0.222. The molecule has 2 aromatic carbocycles. The first-order valence-electron chi connectivity index (χ1n) is 7.69. The van der Waals surface area contributed by atoms with Crippen molar-refractivity contribution in [3.8, 4) is 5.75 Å². The highest BCUT2D eigenvalue weighted by molar-refractivity contribution is 9.10. The van der Waals surface area contributed by atoms with Crippen molar-refractivity contribution in [3.63, 3.8) is 0 Å². The zero-order valence-electron chi connectivity index (χ0n) is 12.9. The van der Waals surface area contributed by atoms with Gasteiger partial charge in [0.1, 0.15) is 5.75 Å². The summed E-state index contributed by atoms with van der Waals surface area (Å²) >= 11 is 3.34. The topological polar surface area (TPSA) is 67.4 Å². The average Bonchev–Trinajstić information content (AvgIpc) is 3.41. The van der Waals surface area contributed by atoms with Gasteiger partial charge < -0.3 is 15.4 Å². The lowest BCUT2D eigenvalue weighted by molar-refractivity contribution is -0.118. The number of hydrogen-bond donors (Lipinski definition) is 2. The van der Waals surface area contributed by atoms with E-state index >= 15 is 0 Å². The lowest BCUT2D eigenvalue weighted by atomic mass is 10.2. The molecule has 2 N–H and O–H groups in total. The van der Waals surface area contributed by atoms with Crippen LogP contribution in [-0.4, -0.2) is 18.4 Å². The third kappa shape index (κ3) is 4.83. The molecule has 0 heterocycles. The number of amides is 2. The number of anilines is 2. The Morgan fingerprint density at radius 3 is 2.12 bits per heavy atom. The number of carbonyl (C=O) groups excluding carboxylic acids is 2. The number of benzene rings is 2. The SMILES string of the molecule is O=C(COc1ccc(Br)cc1)Nc1ccc(NC(=O)C2CC2)cc1. The number of hydrogen-bond acceptors (Lipinski definition) is 3. The monoisotopic (exact) mass is 388 g/mol. The summed E-state index contributed by atoms with van der Waals surface area (Å²) in [6.07, 6.45) is 1.94. The Balaban J connectivity index is 1.47. The van der Waals surface area contributed by atoms with Crippen molar-refractivity contribution in [3.05, 3.63) is 53.0 Å². The molecule has 0 unspecified atom stereocenters. The summed E-state index contributed by atoms with van der Waals surface area (Å²) in [7, 11) is 0. The van der Waals surface area contributed by atoms with E-state index < -0.39 is 0 Å². The lowest BCUT2D eigenvalue weighted by Gasteiger charge is -2.09. The third-order valence-electron chi connectivity index (χ3n) is 3.57. The van der Waals surface area contributed by atoms with E-state index in [9.17, 15) is 9.59 Å². The Bertz CT molecular complexity index is 725. The molecular weight excluding hydrogens is 372 g/mol. The molecule has 0 aliphatic heterocycles. The van der Waals surface area contributed by atoms with Gasteiger partial charge in [0.2, 0.25) is 5.91 Å². The second kappa shape index (κ2) is 7.49. The Kier molecular flexibility index (Phi) is 5.15. The largest absolute Gasteiger partial charge is 0.484 e. The van der Waals surface area contributed by atoms with Crippen molar-refractivity contribution < 1.29 is 14.3 Å². The van der Waals surface area contributed by atoms with Gasteiger partial charge in [0.05, 0.1) is 0 Å². The van der Waals surface area contributed by atoms with E-state index in [0.29, 0.717) is 11.4 Å². The predicted molar refractivity (Wildman–Crippen MR) is 96.1 cm³/mol. The van der Waals surface area contributed by atoms with Gasteiger partial charge in [-0.15, -0.1) is 0 Å². The van der Waals surface area contributed by atoms with Gasteiger partial charge in [-0.05, 0) is 61.4 Å². The molecule has 3 rings (SSSR count). The summed E-state index contributed by atoms with van der Waals surface area (Å²) in [5, 5.41) is 5.61. The van der Waals surface area contributed by atoms with Crippen LogP contribution in [0, 0.1) is 5.92 Å². The molecule has 1 saturated carbocycles. The zero-order valence-corrected chi connectivity index (χ0v) is 14.5. The summed E-state index contributed by atoms with van der Waals surface area (Å²) in [5.74, 6) is 0.619. The molecule has 6 heteroatoms. The van der Waals surface area contributed by atoms with Crippen molar-refractivity contribution in [2.45, 2.75) is 12.8 Å². The Morgan fingerprint density at radius 1 is 0.958 bits per heavy atom. The quantitative estimate of drug-likeness (QED) is 0.790. The zero-order chi connectivity index (χ0) is 16.9. The van der Waals surface area contributed by atoms with Crippen LogP contribution in [-0.2, 0) is 9.59 Å². The second-order valence-corrected chi connectivity index (χ2v) is 6.55. The van der Waals surface area contributed by atoms with E-state index in [-0.39, 0.29) is 24.3 Å². The molecular formula is C18H17BrN2O3. The maximum Gasteiger partial charge on any atom is 0.262 e. The number of halogens is 1. The molecule has 0 spiro atoms. The highest BCUT2D eigenvalue weighted by Crippen LogP contribution is 2.30. The number of nitrogens with one attached hydrogen (secondary N) is 2. The Hall–Kier alpha value is -2.34. The first kappa shape index (κ1) is 16.5. The van der Waals surface area contributed by atoms with Crippen LogP contribution in [0.15, 0.2) is 53.0 Å². The van der Waals surface area contributed by atoms with Crippen molar-refractivity contribution >= 4 is 39.1 Å². The van der Waals surface area contributed by atoms with Gasteiger partial charge in [-0.25, -0.2) is 0 Å². The van der Waals surface area contributed by atoms with Gasteiger partial charge in [-0.2, -0.15) is 0 Å². The molecule has 5 nitrogen and oxygen atoms in total. The highest BCUT2D eigenvalue weighted by atomic mass is 79.9. The fourth-order valence-electron chi connectivity index (χ4n) is 2.10. The van der Waals surface area contributed by atoms with Crippen LogP contribution < -0.4 is 15.4 Å². The van der Waals surface area contributed by atoms with Gasteiger partial charge in [-0.1, -0.05) is 15.9 Å². The van der Waals surface area contributed by atoms with E-state index in [2.05, 4.69) is 26.6 Å². The van der Waals surface area contributed by atoms with Crippen molar-refractivity contribution in [2.75, 3.05) is 17.2 Å². The molecule has 1 aliphatic carbocycles. The van der Waals surface area contributed by atoms with Gasteiger partial charge >= 0.3 is 0 Å². The van der Waals surface area contributed by atoms with Crippen molar-refractivity contribution in [1.29, 1.82) is 0 Å². The molecule has 1 aliphatic rings. The van der Waals surface area contributed by atoms with Gasteiger partial charge in [0, 0.05) is 21.8 Å². The van der Waals surface area contributed by atoms with Crippen molar-refractivity contribution in [2.24, 2.45) is 5.92 Å². The van der Waals surface area contributed by atoms with Crippen molar-refractivity contribution in [1.82, 2.24) is 0 Å². The minimum Gasteiger partial charge on any atom is -0.484 e. The molecule has 0 radical (unpaired) electrons. The average molecular weight is 389 g/mol. The standard InChI is InChI=1S/C18H17BrN2O3/c19-13-3-9-16(10-4-13)24-11-17(22)20-14-5-7-15(8-6-14)21-18(23)12-1-2-12/h3-10,12H,1-2,11H2,(H,20,22)(H,21,23). The van der Waals surface area contributed by atoms with Gasteiger partial charge in [0.15, 0.2) is 6.61 Å². The third-order valence-corrected chi connectivity index (χ3v) is 4.10. The maximum atomic E-state index is 11.9. The fourth-order valence-corrected chi connectivity index (χ4v) is 2.37. The van der Waals surface area contributed by atoms with Crippen LogP contribution in [0.1, 0.15) is 12.8 Å². The minimum atomic E-state index is -0.243. The number of carbonyl (C=O) groups is 2. The summed E-state index contributed by atoms with van der Waals surface area (Å²) in [4.78, 5) is 23.6. The van der Waals surface area contributed by atoms with E-state index in [1.165, 1.54) is 0 Å². The summed E-state index contributed by atoms with van der Waals surface area (Å²) in [6, 6.07) is 14.3. The normalized spacial score (nSPS) is 13.2. The summed E-state index contributed by atoms with van der Waals surface area (Å²) < 4.78 is 6.37. The molecule has 124 valence electrons. The molecule has 0 aromatic heterocycles. The Labute approximate surface area is 148 Å². The molecule has 24 heavy (non-hydrogen) atoms. The first-order valence-corrected chi connectivity index (χ1v) is 8.48. The summed E-state index contributed by atoms with van der Waals surface area (Å²) in [5.41, 5.74) is 1.39. The van der Waals surface area contributed by atoms with Crippen LogP contribution >= 0.6 is 15.9 Å². The number of rotatable bonds is 6. The lowest BCUT2D eigenvalue weighted by Crippen LogP contribution is -2.20. The Morgan fingerprint density at radius 2 is 1.54 bits per heavy atom. The van der Waals surface area contributed by atoms with Crippen LogP contribution in [0.5, 0.6) is 5.75 Å². The second-order valence-electron chi connectivity index (χ2n) is 5.63. The minimum absolute atomic E-state index is 0.0645. The molecule has 0 saturated heterocycles. The summed E-state index contributed by atoms with van der Waals surface area (Å²) in [6.45, 7) is -0.0677. The van der Waals surface area contributed by atoms with E-state index in [0.717, 1.165) is 23.0 Å². The smallest absolute Gasteiger partial charge is 0.262 e. The molecule has 2 aromatic rings. The van der Waals surface area contributed by atoms with Gasteiger partial charge in [-0.3, -0.25) is 9.59 Å². The first-order chi connectivity index (χ1) is 11.6. The highest BCUT2D eigenvalue weighted by Gasteiger charge is 2.29. The van der Waals surface area contributed by atoms with Crippen LogP contribution in [0.3, 0.4) is 0 Å². The molecule has 1 fully saturated rings. The van der Waals surface area contributed by atoms with E-state index in [1.54, 1.807) is 36.4 Å². The number of ether oxygens (including phenoxy) is 1. The van der Waals surface area contributed by atoms with E-state index in [1.807, 2.05) is 12.1 Å². The predicted octanol–water partition coefficient (Wildman–Crippen LogP) is 3.82. The molecule has 0 atom stereocenters. The molecule has 2 amide bonds.